The number of halogens is 4. The Morgan fingerprint density at radius 2 is 1.75 bits per heavy atom. The van der Waals surface area contributed by atoms with Gasteiger partial charge in [0.1, 0.15) is 18.4 Å². The van der Waals surface area contributed by atoms with Crippen LogP contribution in [0, 0.1) is 5.82 Å². The summed E-state index contributed by atoms with van der Waals surface area (Å²) in [5.74, 6) is -1.88. The van der Waals surface area contributed by atoms with E-state index in [0.717, 1.165) is 22.7 Å². The van der Waals surface area contributed by atoms with Crippen LogP contribution in [-0.4, -0.2) is 51.0 Å². The van der Waals surface area contributed by atoms with Gasteiger partial charge < -0.3 is 10.2 Å². The van der Waals surface area contributed by atoms with E-state index in [9.17, 15) is 22.4 Å². The summed E-state index contributed by atoms with van der Waals surface area (Å²) in [6.45, 7) is 0.776. The first-order chi connectivity index (χ1) is 14.8. The van der Waals surface area contributed by atoms with Crippen LogP contribution in [0.1, 0.15) is 12.5 Å². The Hall–Kier alpha value is -2.07. The molecule has 2 amide bonds. The number of likely N-dealkylation sites (N-methyl/N-ethyl adjacent to an activating group) is 1. The molecule has 0 saturated carbocycles. The summed E-state index contributed by atoms with van der Waals surface area (Å²) in [5, 5.41) is 2.84. The predicted molar refractivity (Wildman–Crippen MR) is 124 cm³/mol. The fraction of sp³-hybridized carbons (Fsp3) is 0.300. The van der Waals surface area contributed by atoms with Crippen LogP contribution in [0.3, 0.4) is 0 Å². The Labute approximate surface area is 201 Å². The Bertz CT molecular complexity index is 1130. The highest BCUT2D eigenvalue weighted by Crippen LogP contribution is 2.26. The highest BCUT2D eigenvalue weighted by Gasteiger charge is 2.30. The van der Waals surface area contributed by atoms with Crippen molar-refractivity contribution in [3.8, 4) is 0 Å². The molecule has 0 aliphatic heterocycles. The van der Waals surface area contributed by atoms with Crippen LogP contribution < -0.4 is 9.62 Å². The molecular weight excluding hydrogens is 504 g/mol. The Kier molecular flexibility index (Phi) is 8.75. The minimum absolute atomic E-state index is 0.00400. The molecule has 0 aliphatic rings. The van der Waals surface area contributed by atoms with Gasteiger partial charge in [-0.15, -0.1) is 0 Å². The minimum Gasteiger partial charge on any atom is -0.357 e. The Balaban J connectivity index is 2.43. The topological polar surface area (TPSA) is 86.8 Å². The summed E-state index contributed by atoms with van der Waals surface area (Å²) in [4.78, 5) is 26.7. The minimum atomic E-state index is -3.95. The van der Waals surface area contributed by atoms with Gasteiger partial charge in [0.05, 0.1) is 17.0 Å². The van der Waals surface area contributed by atoms with Crippen LogP contribution in [0.4, 0.5) is 10.1 Å². The average molecular weight is 525 g/mol. The van der Waals surface area contributed by atoms with E-state index < -0.39 is 40.2 Å². The molecule has 2 aromatic rings. The monoisotopic (exact) mass is 523 g/mol. The van der Waals surface area contributed by atoms with Gasteiger partial charge in [0.15, 0.2) is 0 Å². The summed E-state index contributed by atoms with van der Waals surface area (Å²) in [6.07, 6.45) is 0.903. The second kappa shape index (κ2) is 10.7. The zero-order valence-corrected chi connectivity index (χ0v) is 20.5. The molecule has 7 nitrogen and oxygen atoms in total. The maximum absolute atomic E-state index is 13.6. The average Bonchev–Trinajstić information content (AvgIpc) is 2.71. The van der Waals surface area contributed by atoms with Crippen LogP contribution in [0.2, 0.25) is 15.1 Å². The third kappa shape index (κ3) is 6.48. The lowest BCUT2D eigenvalue weighted by Gasteiger charge is -2.31. The van der Waals surface area contributed by atoms with E-state index in [-0.39, 0.29) is 22.3 Å². The lowest BCUT2D eigenvalue weighted by atomic mass is 10.1. The number of carbonyl (C=O) groups is 2. The van der Waals surface area contributed by atoms with E-state index in [1.54, 1.807) is 12.1 Å². The lowest BCUT2D eigenvalue weighted by molar-refractivity contribution is -0.139. The van der Waals surface area contributed by atoms with Crippen molar-refractivity contribution in [1.82, 2.24) is 10.2 Å². The first kappa shape index (κ1) is 26.2. The largest absolute Gasteiger partial charge is 0.357 e. The molecule has 2 rings (SSSR count). The normalized spacial score (nSPS) is 12.2. The molecule has 0 fully saturated rings. The van der Waals surface area contributed by atoms with Crippen molar-refractivity contribution in [1.29, 1.82) is 0 Å². The molecule has 0 saturated heterocycles. The molecule has 0 radical (unpaired) electrons. The molecule has 0 heterocycles. The molecular formula is C20H21Cl3FN3O4S. The van der Waals surface area contributed by atoms with Crippen molar-refractivity contribution < 1.29 is 22.4 Å². The standard InChI is InChI=1S/C20H21Cl3FN3O4S/c1-12(20(29)25-2)26(10-13-4-5-14(21)8-16(13)22)19(28)11-27(32(3,30)31)15-6-7-18(24)17(23)9-15/h4-9,12H,10-11H2,1-3H3,(H,25,29)/t12-/m0/s1. The maximum Gasteiger partial charge on any atom is 0.244 e. The quantitative estimate of drug-likeness (QED) is 0.570. The molecule has 2 aromatic carbocycles. The molecule has 0 aromatic heterocycles. The number of carbonyl (C=O) groups excluding carboxylic acids is 2. The Morgan fingerprint density at radius 3 is 2.28 bits per heavy atom. The molecule has 0 spiro atoms. The van der Waals surface area contributed by atoms with Crippen molar-refractivity contribution in [3.63, 3.8) is 0 Å². The first-order valence-electron chi connectivity index (χ1n) is 9.23. The van der Waals surface area contributed by atoms with Crippen LogP contribution in [0.5, 0.6) is 0 Å². The first-order valence-corrected chi connectivity index (χ1v) is 12.2. The maximum atomic E-state index is 13.6. The SMILES string of the molecule is CNC(=O)[C@H](C)N(Cc1ccc(Cl)cc1Cl)C(=O)CN(c1ccc(F)c(Cl)c1)S(C)(=O)=O. The van der Waals surface area contributed by atoms with Gasteiger partial charge in [0.25, 0.3) is 0 Å². The number of benzene rings is 2. The van der Waals surface area contributed by atoms with Crippen LogP contribution in [0.25, 0.3) is 0 Å². The van der Waals surface area contributed by atoms with Gasteiger partial charge in [-0.2, -0.15) is 0 Å². The number of sulfonamides is 1. The summed E-state index contributed by atoms with van der Waals surface area (Å²) >= 11 is 17.9. The number of nitrogens with one attached hydrogen (secondary N) is 1. The number of rotatable bonds is 8. The third-order valence-electron chi connectivity index (χ3n) is 4.64. The summed E-state index contributed by atoms with van der Waals surface area (Å²) in [7, 11) is -2.54. The van der Waals surface area contributed by atoms with E-state index in [4.69, 9.17) is 34.8 Å². The molecule has 0 aliphatic carbocycles. The number of anilines is 1. The summed E-state index contributed by atoms with van der Waals surface area (Å²) < 4.78 is 39.1. The molecule has 1 atom stereocenters. The van der Waals surface area contributed by atoms with E-state index in [0.29, 0.717) is 10.6 Å². The molecule has 0 unspecified atom stereocenters. The lowest BCUT2D eigenvalue weighted by Crippen LogP contribution is -2.50. The Morgan fingerprint density at radius 1 is 1.09 bits per heavy atom. The van der Waals surface area contributed by atoms with Crippen LogP contribution in [-0.2, 0) is 26.2 Å². The van der Waals surface area contributed by atoms with E-state index >= 15 is 0 Å². The molecule has 0 bridgehead atoms. The van der Waals surface area contributed by atoms with Gasteiger partial charge in [0, 0.05) is 23.6 Å². The van der Waals surface area contributed by atoms with Crippen molar-refractivity contribution in [3.05, 3.63) is 62.8 Å². The second-order valence-electron chi connectivity index (χ2n) is 6.92. The number of hydrogen-bond donors (Lipinski definition) is 1. The number of nitrogens with zero attached hydrogens (tertiary/aromatic N) is 2. The van der Waals surface area contributed by atoms with Gasteiger partial charge in [-0.05, 0) is 42.8 Å². The van der Waals surface area contributed by atoms with Crippen molar-refractivity contribution in [2.24, 2.45) is 0 Å². The zero-order chi connectivity index (χ0) is 24.2. The highest BCUT2D eigenvalue weighted by atomic mass is 35.5. The van der Waals surface area contributed by atoms with Crippen molar-refractivity contribution >= 4 is 62.3 Å². The van der Waals surface area contributed by atoms with Crippen LogP contribution in [0.15, 0.2) is 36.4 Å². The summed E-state index contributed by atoms with van der Waals surface area (Å²) in [6, 6.07) is 7.03. The second-order valence-corrected chi connectivity index (χ2v) is 10.1. The summed E-state index contributed by atoms with van der Waals surface area (Å²) in [5.41, 5.74) is 0.514. The molecule has 174 valence electrons. The highest BCUT2D eigenvalue weighted by molar-refractivity contribution is 7.92. The van der Waals surface area contributed by atoms with Gasteiger partial charge >= 0.3 is 0 Å². The van der Waals surface area contributed by atoms with Crippen LogP contribution >= 0.6 is 34.8 Å². The molecule has 12 heteroatoms. The number of amides is 2. The van der Waals surface area contributed by atoms with E-state index in [1.807, 2.05) is 0 Å². The van der Waals surface area contributed by atoms with Gasteiger partial charge in [-0.3, -0.25) is 13.9 Å². The fourth-order valence-corrected chi connectivity index (χ4v) is 4.36. The van der Waals surface area contributed by atoms with Crippen molar-refractivity contribution in [2.45, 2.75) is 19.5 Å². The zero-order valence-electron chi connectivity index (χ0n) is 17.4. The smallest absolute Gasteiger partial charge is 0.244 e. The third-order valence-corrected chi connectivity index (χ3v) is 6.66. The number of hydrogen-bond acceptors (Lipinski definition) is 4. The predicted octanol–water partition coefficient (Wildman–Crippen LogP) is 3.72. The molecule has 1 N–H and O–H groups in total. The van der Waals surface area contributed by atoms with Gasteiger partial charge in [-0.25, -0.2) is 12.8 Å². The van der Waals surface area contributed by atoms with Crippen molar-refractivity contribution in [2.75, 3.05) is 24.2 Å². The van der Waals surface area contributed by atoms with E-state index in [2.05, 4.69) is 5.32 Å². The van der Waals surface area contributed by atoms with Gasteiger partial charge in [0.2, 0.25) is 21.8 Å². The molecule has 32 heavy (non-hydrogen) atoms. The fourth-order valence-electron chi connectivity index (χ4n) is 2.88. The van der Waals surface area contributed by atoms with Gasteiger partial charge in [-0.1, -0.05) is 40.9 Å². The van der Waals surface area contributed by atoms with E-state index in [1.165, 1.54) is 31.0 Å².